The Hall–Kier alpha value is -1.39. The molecule has 1 fully saturated rings. The predicted molar refractivity (Wildman–Crippen MR) is 77.7 cm³/mol. The second-order valence-corrected chi connectivity index (χ2v) is 5.70. The molecule has 2 atom stereocenters. The number of hydrogen-bond acceptors (Lipinski definition) is 3. The summed E-state index contributed by atoms with van der Waals surface area (Å²) in [6, 6.07) is 6.02. The lowest BCUT2D eigenvalue weighted by Gasteiger charge is -2.21. The second kappa shape index (κ2) is 5.94. The van der Waals surface area contributed by atoms with E-state index in [0.717, 1.165) is 38.1 Å². The topological polar surface area (TPSA) is 50.4 Å². The number of carbonyl (C=O) groups excluding carboxylic acids is 1. The normalized spacial score (nSPS) is 25.2. The Kier molecular flexibility index (Phi) is 4.03. The second-order valence-electron chi connectivity index (χ2n) is 5.70. The summed E-state index contributed by atoms with van der Waals surface area (Å²) in [6.45, 7) is 5.42. The lowest BCUT2D eigenvalue weighted by Crippen LogP contribution is -2.34. The zero-order chi connectivity index (χ0) is 13.9. The maximum atomic E-state index is 12.4. The molecule has 1 amide bonds. The SMILES string of the molecule is CC1OCCC1CNC(=O)c1cccc2c1CCNC2. The monoisotopic (exact) mass is 274 g/mol. The third-order valence-corrected chi connectivity index (χ3v) is 4.44. The van der Waals surface area contributed by atoms with Crippen molar-refractivity contribution in [1.82, 2.24) is 10.6 Å². The molecule has 0 bridgehead atoms. The van der Waals surface area contributed by atoms with E-state index in [-0.39, 0.29) is 12.0 Å². The first-order chi connectivity index (χ1) is 9.75. The molecule has 2 aliphatic rings. The molecule has 0 aliphatic carbocycles. The first-order valence-corrected chi connectivity index (χ1v) is 7.47. The average molecular weight is 274 g/mol. The Balaban J connectivity index is 1.68. The van der Waals surface area contributed by atoms with Gasteiger partial charge in [0, 0.05) is 31.2 Å². The molecule has 4 nitrogen and oxygen atoms in total. The summed E-state index contributed by atoms with van der Waals surface area (Å²) < 4.78 is 5.53. The molecule has 2 aliphatic heterocycles. The van der Waals surface area contributed by atoms with Crippen LogP contribution in [-0.4, -0.2) is 31.7 Å². The van der Waals surface area contributed by atoms with E-state index < -0.39 is 0 Å². The van der Waals surface area contributed by atoms with Gasteiger partial charge in [0.2, 0.25) is 0 Å². The van der Waals surface area contributed by atoms with Crippen LogP contribution in [0.5, 0.6) is 0 Å². The van der Waals surface area contributed by atoms with Crippen molar-refractivity contribution in [1.29, 1.82) is 0 Å². The van der Waals surface area contributed by atoms with Gasteiger partial charge in [-0.3, -0.25) is 4.79 Å². The van der Waals surface area contributed by atoms with Crippen LogP contribution >= 0.6 is 0 Å². The van der Waals surface area contributed by atoms with Crippen molar-refractivity contribution in [3.8, 4) is 0 Å². The highest BCUT2D eigenvalue weighted by atomic mass is 16.5. The van der Waals surface area contributed by atoms with Crippen LogP contribution in [0.4, 0.5) is 0 Å². The fraction of sp³-hybridized carbons (Fsp3) is 0.562. The standard InChI is InChI=1S/C16H22N2O2/c1-11-12(6-8-20-11)10-18-16(19)15-4-2-3-13-9-17-7-5-14(13)15/h2-4,11-12,17H,5-10H2,1H3,(H,18,19). The molecule has 3 rings (SSSR count). The number of ether oxygens (including phenoxy) is 1. The van der Waals surface area contributed by atoms with E-state index in [9.17, 15) is 4.79 Å². The molecule has 0 radical (unpaired) electrons. The summed E-state index contributed by atoms with van der Waals surface area (Å²) in [5.74, 6) is 0.503. The zero-order valence-corrected chi connectivity index (χ0v) is 11.9. The van der Waals surface area contributed by atoms with Crippen LogP contribution in [-0.2, 0) is 17.7 Å². The van der Waals surface area contributed by atoms with Gasteiger partial charge in [0.1, 0.15) is 0 Å². The van der Waals surface area contributed by atoms with Crippen molar-refractivity contribution in [2.75, 3.05) is 19.7 Å². The van der Waals surface area contributed by atoms with Gasteiger partial charge in [-0.1, -0.05) is 12.1 Å². The van der Waals surface area contributed by atoms with E-state index in [0.29, 0.717) is 12.5 Å². The van der Waals surface area contributed by atoms with Gasteiger partial charge >= 0.3 is 0 Å². The van der Waals surface area contributed by atoms with Crippen LogP contribution in [0.3, 0.4) is 0 Å². The molecule has 2 unspecified atom stereocenters. The van der Waals surface area contributed by atoms with Crippen LogP contribution in [0.15, 0.2) is 18.2 Å². The molecule has 2 heterocycles. The Labute approximate surface area is 119 Å². The maximum Gasteiger partial charge on any atom is 0.251 e. The lowest BCUT2D eigenvalue weighted by atomic mass is 9.95. The van der Waals surface area contributed by atoms with Crippen molar-refractivity contribution >= 4 is 5.91 Å². The van der Waals surface area contributed by atoms with E-state index >= 15 is 0 Å². The van der Waals surface area contributed by atoms with E-state index in [4.69, 9.17) is 4.74 Å². The van der Waals surface area contributed by atoms with Crippen LogP contribution in [0, 0.1) is 5.92 Å². The number of hydrogen-bond donors (Lipinski definition) is 2. The van der Waals surface area contributed by atoms with Gasteiger partial charge in [0.25, 0.3) is 5.91 Å². The van der Waals surface area contributed by atoms with E-state index in [1.165, 1.54) is 11.1 Å². The highest BCUT2D eigenvalue weighted by Crippen LogP contribution is 2.21. The molecule has 4 heteroatoms. The summed E-state index contributed by atoms with van der Waals surface area (Å²) >= 11 is 0. The minimum Gasteiger partial charge on any atom is -0.378 e. The number of nitrogens with one attached hydrogen (secondary N) is 2. The van der Waals surface area contributed by atoms with Crippen molar-refractivity contribution in [3.05, 3.63) is 34.9 Å². The minimum atomic E-state index is 0.0582. The molecule has 0 saturated carbocycles. The molecule has 1 aromatic rings. The highest BCUT2D eigenvalue weighted by molar-refractivity contribution is 5.96. The largest absolute Gasteiger partial charge is 0.378 e. The predicted octanol–water partition coefficient (Wildman–Crippen LogP) is 1.49. The third-order valence-electron chi connectivity index (χ3n) is 4.44. The molecule has 0 aromatic heterocycles. The Morgan fingerprint density at radius 2 is 2.40 bits per heavy atom. The Bertz CT molecular complexity index is 501. The van der Waals surface area contributed by atoms with Crippen LogP contribution in [0.25, 0.3) is 0 Å². The summed E-state index contributed by atoms with van der Waals surface area (Å²) in [5.41, 5.74) is 3.30. The van der Waals surface area contributed by atoms with E-state index in [2.05, 4.69) is 23.6 Å². The summed E-state index contributed by atoms with van der Waals surface area (Å²) in [5, 5.41) is 6.42. The summed E-state index contributed by atoms with van der Waals surface area (Å²) in [6.07, 6.45) is 2.23. The number of rotatable bonds is 3. The molecular weight excluding hydrogens is 252 g/mol. The van der Waals surface area contributed by atoms with Gasteiger partial charge in [-0.2, -0.15) is 0 Å². The number of amides is 1. The lowest BCUT2D eigenvalue weighted by molar-refractivity contribution is 0.0906. The van der Waals surface area contributed by atoms with Gasteiger partial charge in [0.05, 0.1) is 6.10 Å². The maximum absolute atomic E-state index is 12.4. The van der Waals surface area contributed by atoms with Gasteiger partial charge in [-0.15, -0.1) is 0 Å². The van der Waals surface area contributed by atoms with Crippen molar-refractivity contribution in [2.24, 2.45) is 5.92 Å². The molecule has 2 N–H and O–H groups in total. The molecule has 1 aromatic carbocycles. The zero-order valence-electron chi connectivity index (χ0n) is 11.9. The van der Waals surface area contributed by atoms with Gasteiger partial charge in [-0.25, -0.2) is 0 Å². The van der Waals surface area contributed by atoms with Gasteiger partial charge < -0.3 is 15.4 Å². The fourth-order valence-corrected chi connectivity index (χ4v) is 3.11. The smallest absolute Gasteiger partial charge is 0.251 e. The quantitative estimate of drug-likeness (QED) is 0.878. The van der Waals surface area contributed by atoms with Crippen molar-refractivity contribution < 1.29 is 9.53 Å². The van der Waals surface area contributed by atoms with E-state index in [1.807, 2.05) is 12.1 Å². The Morgan fingerprint density at radius 3 is 3.20 bits per heavy atom. The van der Waals surface area contributed by atoms with Gasteiger partial charge in [-0.05, 0) is 43.5 Å². The third kappa shape index (κ3) is 2.72. The number of benzene rings is 1. The average Bonchev–Trinajstić information content (AvgIpc) is 2.89. The van der Waals surface area contributed by atoms with E-state index in [1.54, 1.807) is 0 Å². The molecule has 0 spiro atoms. The van der Waals surface area contributed by atoms with Crippen LogP contribution in [0.2, 0.25) is 0 Å². The molecular formula is C16H22N2O2. The highest BCUT2D eigenvalue weighted by Gasteiger charge is 2.25. The van der Waals surface area contributed by atoms with Gasteiger partial charge in [0.15, 0.2) is 0 Å². The Morgan fingerprint density at radius 1 is 1.50 bits per heavy atom. The van der Waals surface area contributed by atoms with Crippen LogP contribution in [0.1, 0.15) is 34.8 Å². The first-order valence-electron chi connectivity index (χ1n) is 7.47. The first kappa shape index (κ1) is 13.6. The minimum absolute atomic E-state index is 0.0582. The number of carbonyl (C=O) groups is 1. The summed E-state index contributed by atoms with van der Waals surface area (Å²) in [4.78, 5) is 12.4. The molecule has 20 heavy (non-hydrogen) atoms. The number of fused-ring (bicyclic) bond motifs is 1. The molecule has 108 valence electrons. The molecule has 1 saturated heterocycles. The van der Waals surface area contributed by atoms with Crippen LogP contribution < -0.4 is 10.6 Å². The fourth-order valence-electron chi connectivity index (χ4n) is 3.11. The summed E-state index contributed by atoms with van der Waals surface area (Å²) in [7, 11) is 0. The van der Waals surface area contributed by atoms with Crippen molar-refractivity contribution in [2.45, 2.75) is 32.4 Å². The van der Waals surface area contributed by atoms with Crippen molar-refractivity contribution in [3.63, 3.8) is 0 Å².